The van der Waals surface area contributed by atoms with Crippen LogP contribution in [0.3, 0.4) is 0 Å². The molecule has 546 valence electrons. The van der Waals surface area contributed by atoms with Crippen LogP contribution in [0.2, 0.25) is 25.1 Å². The summed E-state index contributed by atoms with van der Waals surface area (Å²) in [7, 11) is 0. The number of aromatic nitrogens is 4. The van der Waals surface area contributed by atoms with E-state index in [1.165, 1.54) is 0 Å². The van der Waals surface area contributed by atoms with Gasteiger partial charge in [0.15, 0.2) is 11.6 Å². The molecule has 0 aliphatic heterocycles. The average molecular weight is 1510 g/mol. The van der Waals surface area contributed by atoms with Crippen molar-refractivity contribution in [3.8, 4) is 0 Å². The van der Waals surface area contributed by atoms with Gasteiger partial charge in [0.2, 0.25) is 23.6 Å². The Morgan fingerprint density at radius 3 is 0.981 bits per heavy atom. The Balaban J connectivity index is -0.000000384. The molecule has 12 radical (unpaired) electrons. The monoisotopic (exact) mass is 1500 g/mol. The molecule has 0 spiro atoms. The number of pyridine rings is 4. The third kappa shape index (κ3) is 36.0. The first kappa shape index (κ1) is 104. The first-order valence-corrected chi connectivity index (χ1v) is 31.6. The molecule has 4 amide bonds. The molecule has 104 heavy (non-hydrogen) atoms. The number of nitrogens with zero attached hydrogens (tertiary/aromatic N) is 4. The Hall–Kier alpha value is -8.94. The van der Waals surface area contributed by atoms with Crippen LogP contribution in [0.1, 0.15) is 172 Å². The van der Waals surface area contributed by atoms with Crippen molar-refractivity contribution in [2.24, 2.45) is 21.7 Å². The van der Waals surface area contributed by atoms with Crippen LogP contribution >= 0.6 is 58.0 Å². The number of ketones is 2. The zero-order valence-corrected chi connectivity index (χ0v) is 61.4. The highest BCUT2D eigenvalue weighted by molar-refractivity contribution is 6.33. The number of halogens is 5. The van der Waals surface area contributed by atoms with Crippen LogP contribution in [0.15, 0.2) is 201 Å². The molecule has 0 bridgehead atoms. The fourth-order valence-corrected chi connectivity index (χ4v) is 8.01. The van der Waals surface area contributed by atoms with Crippen molar-refractivity contribution in [1.82, 2.24) is 19.9 Å². The molecule has 17 nitrogen and oxygen atoms in total. The van der Waals surface area contributed by atoms with Gasteiger partial charge in [0.1, 0.15) is 12.4 Å². The molecule has 26 heteroatoms. The van der Waals surface area contributed by atoms with E-state index in [4.69, 9.17) is 63.7 Å². The van der Waals surface area contributed by atoms with Gasteiger partial charge in [0.05, 0.1) is 11.4 Å². The molecule has 1 unspecified atom stereocenters. The molecule has 4 heterocycles. The number of hydrogen-bond acceptors (Lipinski definition) is 13. The Bertz CT molecular complexity index is 3910. The molecule has 0 aliphatic carbocycles. The van der Waals surface area contributed by atoms with E-state index in [0.717, 1.165) is 22.7 Å². The van der Waals surface area contributed by atoms with Crippen molar-refractivity contribution in [2.45, 2.75) is 119 Å². The summed E-state index contributed by atoms with van der Waals surface area (Å²) in [5, 5.41) is 24.6. The predicted octanol–water partition coefficient (Wildman–Crippen LogP) is 18.9. The zero-order valence-electron chi connectivity index (χ0n) is 57.6. The maximum Gasteiger partial charge on any atom is 0.229 e. The SMILES string of the molecule is C.C.C.C.CC(C)(C)C(=O)Nc1ccc(Cl)cc1.CC(C)(C)C(=O)Nc1ccc(Cl)cc1C(=O)c1ccncc1.CC(C)(C)C(=O)Nc1ccc(Cl)cc1C(=O)c1ccncc1.CC(C)(C)C(=O)Nc1ccc(Cl)cc1C(O)c1ccncc1.Nc1ccc(Cl)cc1.O=Cc1ccncc1.[B].[B].[B].[B]. The van der Waals surface area contributed by atoms with Crippen molar-refractivity contribution < 1.29 is 38.7 Å². The highest BCUT2D eigenvalue weighted by atomic mass is 35.5. The van der Waals surface area contributed by atoms with Crippen LogP contribution in [0.25, 0.3) is 0 Å². The van der Waals surface area contributed by atoms with Gasteiger partial charge in [-0.15, -0.1) is 0 Å². The third-order valence-corrected chi connectivity index (χ3v) is 14.2. The zero-order chi connectivity index (χ0) is 71.6. The molecule has 7 N–H and O–H groups in total. The first-order valence-electron chi connectivity index (χ1n) is 29.7. The molecule has 5 aromatic carbocycles. The highest BCUT2D eigenvalue weighted by Crippen LogP contribution is 2.33. The number of carbonyl (C=O) groups is 7. The lowest BCUT2D eigenvalue weighted by Gasteiger charge is -2.21. The normalized spacial score (nSPS) is 10.2. The molecule has 0 fully saturated rings. The maximum absolute atomic E-state index is 12.6. The molecular weight excluding hydrogens is 1410 g/mol. The van der Waals surface area contributed by atoms with Crippen LogP contribution in [-0.2, 0) is 19.2 Å². The Labute approximate surface area is 648 Å². The number of amides is 4. The number of rotatable bonds is 11. The fraction of sp³-hybridized carbons (Fsp3) is 0.269. The molecular formula is C78H94B4Cl5N9O8. The standard InChI is InChI=1S/C17H19ClN2O2.2C17H17ClN2O2.C11H14ClNO.C6H6ClN.C6H5NO.4CH4.4B/c3*1-17(2,3)16(22)20-14-5-4-12(18)10-13(14)15(21)11-6-8-19-9-7-11;1-11(2,3)10(14)13-9-6-4-8(12)5-7-9;7-5-1-3-6(8)4-2-5;8-5-6-1-3-7-4-2-6;;;;;;;;/h4-10,15,21H,1-3H3,(H,20,22);2*4-10H,1-3H3,(H,20,22);4-7H,1-3H3,(H,13,14);1-4H,8H2;1-5H;4*1H4;;;;. The van der Waals surface area contributed by atoms with E-state index >= 15 is 0 Å². The van der Waals surface area contributed by atoms with Crippen LogP contribution in [0, 0.1) is 21.7 Å². The van der Waals surface area contributed by atoms with Gasteiger partial charge in [0, 0.05) is 180 Å². The van der Waals surface area contributed by atoms with Gasteiger partial charge < -0.3 is 32.1 Å². The van der Waals surface area contributed by atoms with Gasteiger partial charge in [-0.05, 0) is 157 Å². The second-order valence-corrected chi connectivity index (χ2v) is 27.4. The largest absolute Gasteiger partial charge is 0.399 e. The smallest absolute Gasteiger partial charge is 0.229 e. The second kappa shape index (κ2) is 48.9. The minimum atomic E-state index is -0.892. The number of nitrogens with one attached hydrogen (secondary N) is 4. The summed E-state index contributed by atoms with van der Waals surface area (Å²) in [5.74, 6) is -0.891. The van der Waals surface area contributed by atoms with Gasteiger partial charge in [-0.1, -0.05) is 171 Å². The average Bonchev–Trinajstić information content (AvgIpc) is 0.828. The van der Waals surface area contributed by atoms with E-state index in [2.05, 4.69) is 41.2 Å². The van der Waals surface area contributed by atoms with Crippen molar-refractivity contribution in [1.29, 1.82) is 0 Å². The van der Waals surface area contributed by atoms with E-state index in [-0.39, 0.29) is 104 Å². The number of hydrogen-bond donors (Lipinski definition) is 6. The second-order valence-electron chi connectivity index (χ2n) is 25.2. The van der Waals surface area contributed by atoms with E-state index in [0.29, 0.717) is 76.1 Å². The lowest BCUT2D eigenvalue weighted by Crippen LogP contribution is -2.28. The number of aliphatic hydroxyl groups excluding tert-OH is 1. The van der Waals surface area contributed by atoms with Crippen molar-refractivity contribution in [3.63, 3.8) is 0 Å². The summed E-state index contributed by atoms with van der Waals surface area (Å²) in [6, 6.07) is 42.1. The number of aliphatic hydroxyl groups is 1. The molecule has 1 atom stereocenters. The summed E-state index contributed by atoms with van der Waals surface area (Å²) in [6.45, 7) is 22.0. The van der Waals surface area contributed by atoms with E-state index in [1.807, 2.05) is 83.1 Å². The number of aldehydes is 1. The van der Waals surface area contributed by atoms with Crippen LogP contribution < -0.4 is 27.0 Å². The Morgan fingerprint density at radius 1 is 0.385 bits per heavy atom. The number of carbonyl (C=O) groups excluding carboxylic acids is 7. The number of nitrogens with two attached hydrogens (primary N) is 1. The minimum absolute atomic E-state index is 0. The Kier molecular flexibility index (Phi) is 48.8. The van der Waals surface area contributed by atoms with E-state index < -0.39 is 22.3 Å². The van der Waals surface area contributed by atoms with Crippen molar-refractivity contribution >= 4 is 162 Å². The summed E-state index contributed by atoms with van der Waals surface area (Å²) >= 11 is 29.3. The molecule has 0 saturated heterocycles. The van der Waals surface area contributed by atoms with Gasteiger partial charge in [0.25, 0.3) is 0 Å². The lowest BCUT2D eigenvalue weighted by molar-refractivity contribution is -0.123. The van der Waals surface area contributed by atoms with Crippen LogP contribution in [0.4, 0.5) is 28.4 Å². The van der Waals surface area contributed by atoms with Crippen molar-refractivity contribution in [2.75, 3.05) is 27.0 Å². The molecule has 9 aromatic rings. The van der Waals surface area contributed by atoms with E-state index in [9.17, 15) is 38.7 Å². The maximum atomic E-state index is 12.6. The fourth-order valence-electron chi connectivity index (χ4n) is 7.23. The number of nitrogen functional groups attached to an aromatic ring is 1. The molecule has 0 aliphatic rings. The van der Waals surface area contributed by atoms with Gasteiger partial charge >= 0.3 is 0 Å². The predicted molar refractivity (Wildman–Crippen MR) is 437 cm³/mol. The molecule has 9 rings (SSSR count). The minimum Gasteiger partial charge on any atom is -0.399 e. The van der Waals surface area contributed by atoms with Crippen molar-refractivity contribution in [3.05, 3.63) is 265 Å². The summed E-state index contributed by atoms with van der Waals surface area (Å²) in [4.78, 5) is 98.8. The molecule has 4 aromatic heterocycles. The van der Waals surface area contributed by atoms with Crippen LogP contribution in [0.5, 0.6) is 0 Å². The lowest BCUT2D eigenvalue weighted by atomic mass is 9.94. The Morgan fingerprint density at radius 2 is 0.663 bits per heavy atom. The topological polar surface area (TPSA) is 265 Å². The molecule has 0 saturated carbocycles. The summed E-state index contributed by atoms with van der Waals surface area (Å²) in [5.41, 5.74) is 9.91. The van der Waals surface area contributed by atoms with E-state index in [1.54, 1.807) is 201 Å². The summed E-state index contributed by atoms with van der Waals surface area (Å²) in [6.07, 6.45) is 12.5. The van der Waals surface area contributed by atoms with Gasteiger partial charge in [-0.25, -0.2) is 0 Å². The van der Waals surface area contributed by atoms with Crippen LogP contribution in [-0.4, -0.2) is 100 Å². The van der Waals surface area contributed by atoms with Gasteiger partial charge in [-0.3, -0.25) is 53.5 Å². The number of benzene rings is 5. The quantitative estimate of drug-likeness (QED) is 0.0305. The first-order chi connectivity index (χ1) is 45.0. The van der Waals surface area contributed by atoms with Gasteiger partial charge in [-0.2, -0.15) is 0 Å². The highest BCUT2D eigenvalue weighted by Gasteiger charge is 2.27. The summed E-state index contributed by atoms with van der Waals surface area (Å²) < 4.78 is 0. The third-order valence-electron chi connectivity index (χ3n) is 13.0. The number of anilines is 5.